The Kier molecular flexibility index (Phi) is 4.22. The molecule has 2 aliphatic heterocycles. The highest BCUT2D eigenvalue weighted by Gasteiger charge is 2.37. The topological polar surface area (TPSA) is 21.7 Å². The van der Waals surface area contributed by atoms with Crippen LogP contribution in [0.2, 0.25) is 0 Å². The van der Waals surface area contributed by atoms with E-state index in [-0.39, 0.29) is 0 Å². The highest BCUT2D eigenvalue weighted by Crippen LogP contribution is 2.29. The lowest BCUT2D eigenvalue weighted by Crippen LogP contribution is -2.56. The SMILES string of the molecule is CCC(CC)OC1CC2COCC(C1)N2C. The third kappa shape index (κ3) is 2.58. The molecule has 2 atom stereocenters. The summed E-state index contributed by atoms with van der Waals surface area (Å²) in [5, 5.41) is 0. The molecule has 2 aliphatic rings. The van der Waals surface area contributed by atoms with E-state index < -0.39 is 0 Å². The van der Waals surface area contributed by atoms with Gasteiger partial charge in [0, 0.05) is 12.1 Å². The number of hydrogen-bond acceptors (Lipinski definition) is 3. The van der Waals surface area contributed by atoms with Crippen molar-refractivity contribution in [2.45, 2.75) is 63.8 Å². The van der Waals surface area contributed by atoms with Crippen LogP contribution in [-0.2, 0) is 9.47 Å². The Balaban J connectivity index is 1.89. The number of morpholine rings is 1. The molecule has 0 saturated carbocycles. The van der Waals surface area contributed by atoms with Crippen LogP contribution >= 0.6 is 0 Å². The number of rotatable bonds is 4. The number of ether oxygens (including phenoxy) is 2. The van der Waals surface area contributed by atoms with Crippen molar-refractivity contribution in [3.63, 3.8) is 0 Å². The second-order valence-corrected chi connectivity index (χ2v) is 5.18. The zero-order valence-corrected chi connectivity index (χ0v) is 10.8. The highest BCUT2D eigenvalue weighted by atomic mass is 16.5. The minimum Gasteiger partial charge on any atom is -0.378 e. The first-order chi connectivity index (χ1) is 7.74. The zero-order valence-electron chi connectivity index (χ0n) is 10.8. The van der Waals surface area contributed by atoms with Crippen LogP contribution in [0.4, 0.5) is 0 Å². The van der Waals surface area contributed by atoms with Gasteiger partial charge in [-0.15, -0.1) is 0 Å². The molecule has 0 spiro atoms. The average Bonchev–Trinajstić information content (AvgIpc) is 2.27. The average molecular weight is 227 g/mol. The monoisotopic (exact) mass is 227 g/mol. The molecule has 2 fully saturated rings. The molecular weight excluding hydrogens is 202 g/mol. The Morgan fingerprint density at radius 3 is 2.25 bits per heavy atom. The molecule has 2 bridgehead atoms. The molecule has 2 rings (SSSR count). The smallest absolute Gasteiger partial charge is 0.0623 e. The van der Waals surface area contributed by atoms with Crippen LogP contribution in [-0.4, -0.2) is 49.5 Å². The maximum absolute atomic E-state index is 6.19. The van der Waals surface area contributed by atoms with Gasteiger partial charge in [-0.3, -0.25) is 4.90 Å². The van der Waals surface area contributed by atoms with E-state index in [9.17, 15) is 0 Å². The van der Waals surface area contributed by atoms with Crippen molar-refractivity contribution in [2.75, 3.05) is 20.3 Å². The summed E-state index contributed by atoms with van der Waals surface area (Å²) in [7, 11) is 2.23. The van der Waals surface area contributed by atoms with Gasteiger partial charge >= 0.3 is 0 Å². The third-order valence-electron chi connectivity index (χ3n) is 4.14. The lowest BCUT2D eigenvalue weighted by molar-refractivity contribution is -0.125. The maximum atomic E-state index is 6.19. The van der Waals surface area contributed by atoms with Gasteiger partial charge in [-0.1, -0.05) is 13.8 Å². The Morgan fingerprint density at radius 1 is 1.19 bits per heavy atom. The van der Waals surface area contributed by atoms with Gasteiger partial charge in [-0.25, -0.2) is 0 Å². The van der Waals surface area contributed by atoms with E-state index in [1.54, 1.807) is 0 Å². The third-order valence-corrected chi connectivity index (χ3v) is 4.14. The summed E-state index contributed by atoms with van der Waals surface area (Å²) in [6.45, 7) is 6.20. The summed E-state index contributed by atoms with van der Waals surface area (Å²) in [6, 6.07) is 1.15. The molecular formula is C13H25NO2. The van der Waals surface area contributed by atoms with Gasteiger partial charge in [0.2, 0.25) is 0 Å². The minimum atomic E-state index is 0.454. The van der Waals surface area contributed by atoms with E-state index in [4.69, 9.17) is 9.47 Å². The standard InChI is InChI=1S/C13H25NO2/c1-4-12(5-2)16-13-6-10-8-15-9-11(7-13)14(10)3/h10-13H,4-9H2,1-3H3. The van der Waals surface area contributed by atoms with Crippen LogP contribution in [0, 0.1) is 0 Å². The number of piperidine rings is 1. The molecule has 0 aromatic heterocycles. The first kappa shape index (κ1) is 12.3. The first-order valence-electron chi connectivity index (χ1n) is 6.69. The van der Waals surface area contributed by atoms with Crippen molar-refractivity contribution in [2.24, 2.45) is 0 Å². The second-order valence-electron chi connectivity index (χ2n) is 5.18. The fourth-order valence-electron chi connectivity index (χ4n) is 2.91. The van der Waals surface area contributed by atoms with E-state index >= 15 is 0 Å². The van der Waals surface area contributed by atoms with Gasteiger partial charge in [0.15, 0.2) is 0 Å². The van der Waals surface area contributed by atoms with Crippen molar-refractivity contribution >= 4 is 0 Å². The van der Waals surface area contributed by atoms with Crippen LogP contribution in [0.25, 0.3) is 0 Å². The van der Waals surface area contributed by atoms with Crippen LogP contribution < -0.4 is 0 Å². The molecule has 16 heavy (non-hydrogen) atoms. The summed E-state index contributed by atoms with van der Waals surface area (Å²) in [5.41, 5.74) is 0. The Morgan fingerprint density at radius 2 is 1.75 bits per heavy atom. The molecule has 0 aromatic carbocycles. The molecule has 3 heteroatoms. The fourth-order valence-corrected chi connectivity index (χ4v) is 2.91. The van der Waals surface area contributed by atoms with Crippen molar-refractivity contribution in [3.05, 3.63) is 0 Å². The van der Waals surface area contributed by atoms with Gasteiger partial charge in [0.25, 0.3) is 0 Å². The van der Waals surface area contributed by atoms with E-state index in [2.05, 4.69) is 25.8 Å². The Bertz CT molecular complexity index is 201. The molecule has 0 aromatic rings. The molecule has 2 saturated heterocycles. The van der Waals surface area contributed by atoms with Gasteiger partial charge in [0.05, 0.1) is 25.4 Å². The van der Waals surface area contributed by atoms with Crippen molar-refractivity contribution in [3.8, 4) is 0 Å². The van der Waals surface area contributed by atoms with Crippen LogP contribution in [0.1, 0.15) is 39.5 Å². The minimum absolute atomic E-state index is 0.454. The second kappa shape index (κ2) is 5.48. The molecule has 94 valence electrons. The maximum Gasteiger partial charge on any atom is 0.0623 e. The Labute approximate surface area is 99.1 Å². The fraction of sp³-hybridized carbons (Fsp3) is 1.00. The van der Waals surface area contributed by atoms with Crippen molar-refractivity contribution < 1.29 is 9.47 Å². The summed E-state index contributed by atoms with van der Waals surface area (Å²) in [6.07, 6.45) is 5.46. The molecule has 0 N–H and O–H groups in total. The predicted molar refractivity (Wildman–Crippen MR) is 64.6 cm³/mol. The Hall–Kier alpha value is -0.120. The lowest BCUT2D eigenvalue weighted by atomic mass is 9.92. The zero-order chi connectivity index (χ0) is 11.5. The van der Waals surface area contributed by atoms with Gasteiger partial charge in [-0.2, -0.15) is 0 Å². The summed E-state index contributed by atoms with van der Waals surface area (Å²) < 4.78 is 11.8. The van der Waals surface area contributed by atoms with E-state index in [1.165, 1.54) is 0 Å². The molecule has 3 nitrogen and oxygen atoms in total. The molecule has 2 heterocycles. The van der Waals surface area contributed by atoms with Crippen LogP contribution in [0.3, 0.4) is 0 Å². The van der Waals surface area contributed by atoms with Gasteiger partial charge in [-0.05, 0) is 32.7 Å². The van der Waals surface area contributed by atoms with Crippen molar-refractivity contribution in [1.29, 1.82) is 0 Å². The first-order valence-corrected chi connectivity index (χ1v) is 6.69. The molecule has 0 aliphatic carbocycles. The van der Waals surface area contributed by atoms with E-state index in [0.29, 0.717) is 24.3 Å². The molecule has 0 radical (unpaired) electrons. The van der Waals surface area contributed by atoms with Crippen LogP contribution in [0.5, 0.6) is 0 Å². The normalized spacial score (nSPS) is 35.6. The van der Waals surface area contributed by atoms with Gasteiger partial charge in [0.1, 0.15) is 0 Å². The molecule has 0 amide bonds. The summed E-state index contributed by atoms with van der Waals surface area (Å²) >= 11 is 0. The van der Waals surface area contributed by atoms with Crippen molar-refractivity contribution in [1.82, 2.24) is 4.90 Å². The largest absolute Gasteiger partial charge is 0.378 e. The van der Waals surface area contributed by atoms with E-state index in [0.717, 1.165) is 38.9 Å². The quantitative estimate of drug-likeness (QED) is 0.734. The number of nitrogens with zero attached hydrogens (tertiary/aromatic N) is 1. The van der Waals surface area contributed by atoms with Crippen LogP contribution in [0.15, 0.2) is 0 Å². The molecule has 2 unspecified atom stereocenters. The summed E-state index contributed by atoms with van der Waals surface area (Å²) in [5.74, 6) is 0. The number of hydrogen-bond donors (Lipinski definition) is 0. The van der Waals surface area contributed by atoms with E-state index in [1.807, 2.05) is 0 Å². The van der Waals surface area contributed by atoms with Gasteiger partial charge < -0.3 is 9.47 Å². The lowest BCUT2D eigenvalue weighted by Gasteiger charge is -2.47. The number of likely N-dealkylation sites (N-methyl/N-ethyl adjacent to an activating group) is 1. The number of fused-ring (bicyclic) bond motifs is 2. The predicted octanol–water partition coefficient (Wildman–Crippen LogP) is 2.05. The summed E-state index contributed by atoms with van der Waals surface area (Å²) in [4.78, 5) is 2.48. The highest BCUT2D eigenvalue weighted by molar-refractivity contribution is 4.90.